The molecule has 0 radical (unpaired) electrons. The Morgan fingerprint density at radius 3 is 2.90 bits per heavy atom. The average molecular weight is 298 g/mol. The fraction of sp³-hybridized carbons (Fsp3) is 0.438. The van der Waals surface area contributed by atoms with Crippen LogP contribution in [0.15, 0.2) is 23.8 Å². The molecule has 0 amide bonds. The van der Waals surface area contributed by atoms with Gasteiger partial charge in [-0.2, -0.15) is 5.10 Å². The van der Waals surface area contributed by atoms with E-state index in [1.807, 2.05) is 13.1 Å². The predicted octanol–water partition coefficient (Wildman–Crippen LogP) is 4.15. The van der Waals surface area contributed by atoms with Gasteiger partial charge >= 0.3 is 0 Å². The van der Waals surface area contributed by atoms with Crippen LogP contribution >= 0.6 is 11.3 Å². The molecule has 0 N–H and O–H groups in total. The number of aryl methyl sites for hydroxylation is 1. The summed E-state index contributed by atoms with van der Waals surface area (Å²) < 4.78 is 3.32. The van der Waals surface area contributed by atoms with E-state index < -0.39 is 0 Å². The molecule has 0 bridgehead atoms. The van der Waals surface area contributed by atoms with Crippen molar-refractivity contribution in [2.24, 2.45) is 0 Å². The number of thiophene rings is 1. The van der Waals surface area contributed by atoms with Crippen molar-refractivity contribution in [1.82, 2.24) is 19.7 Å². The highest BCUT2D eigenvalue weighted by molar-refractivity contribution is 7.17. The largest absolute Gasteiger partial charge is 0.266 e. The monoisotopic (exact) mass is 298 g/mol. The Morgan fingerprint density at radius 1 is 1.33 bits per heavy atom. The zero-order chi connectivity index (χ0) is 14.4. The summed E-state index contributed by atoms with van der Waals surface area (Å²) >= 11 is 1.70. The van der Waals surface area contributed by atoms with E-state index in [0.717, 1.165) is 33.7 Å². The smallest absolute Gasteiger partial charge is 0.126 e. The van der Waals surface area contributed by atoms with Crippen molar-refractivity contribution in [2.45, 2.75) is 45.1 Å². The van der Waals surface area contributed by atoms with Gasteiger partial charge in [0, 0.05) is 11.8 Å². The van der Waals surface area contributed by atoms with Crippen molar-refractivity contribution < 1.29 is 0 Å². The molecule has 0 spiro atoms. The third kappa shape index (κ3) is 1.91. The fourth-order valence-corrected chi connectivity index (χ4v) is 4.05. The van der Waals surface area contributed by atoms with E-state index in [1.165, 1.54) is 19.3 Å². The summed E-state index contributed by atoms with van der Waals surface area (Å²) in [7, 11) is 0. The minimum absolute atomic E-state index is 0.245. The van der Waals surface area contributed by atoms with Crippen molar-refractivity contribution >= 4 is 21.6 Å². The SMILES string of the molecule is CCC1(n2cc(-c3nc(C)nc4ccsc34)cn2)CCC1. The van der Waals surface area contributed by atoms with Gasteiger partial charge in [-0.05, 0) is 44.1 Å². The first-order chi connectivity index (χ1) is 10.2. The lowest BCUT2D eigenvalue weighted by atomic mass is 9.75. The van der Waals surface area contributed by atoms with Crippen LogP contribution in [-0.2, 0) is 5.54 Å². The lowest BCUT2D eigenvalue weighted by molar-refractivity contribution is 0.119. The van der Waals surface area contributed by atoms with Crippen molar-refractivity contribution in [3.8, 4) is 11.3 Å². The van der Waals surface area contributed by atoms with Crippen LogP contribution in [0, 0.1) is 6.92 Å². The van der Waals surface area contributed by atoms with Gasteiger partial charge in [0.25, 0.3) is 0 Å². The molecule has 5 heteroatoms. The Morgan fingerprint density at radius 2 is 2.19 bits per heavy atom. The molecule has 0 unspecified atom stereocenters. The lowest BCUT2D eigenvalue weighted by Crippen LogP contribution is -2.40. The van der Waals surface area contributed by atoms with Crippen molar-refractivity contribution in [2.75, 3.05) is 0 Å². The number of aromatic nitrogens is 4. The van der Waals surface area contributed by atoms with Crippen molar-refractivity contribution in [3.05, 3.63) is 29.7 Å². The van der Waals surface area contributed by atoms with E-state index in [2.05, 4.69) is 44.3 Å². The van der Waals surface area contributed by atoms with Crippen molar-refractivity contribution in [3.63, 3.8) is 0 Å². The number of rotatable bonds is 3. The van der Waals surface area contributed by atoms with Crippen LogP contribution in [0.25, 0.3) is 21.5 Å². The molecular weight excluding hydrogens is 280 g/mol. The zero-order valence-electron chi connectivity index (χ0n) is 12.3. The molecule has 4 nitrogen and oxygen atoms in total. The second-order valence-electron chi connectivity index (χ2n) is 5.86. The van der Waals surface area contributed by atoms with Crippen LogP contribution < -0.4 is 0 Å². The molecule has 0 atom stereocenters. The van der Waals surface area contributed by atoms with Gasteiger partial charge in [-0.3, -0.25) is 4.68 Å². The second-order valence-corrected chi connectivity index (χ2v) is 6.78. The highest BCUT2D eigenvalue weighted by Crippen LogP contribution is 2.42. The van der Waals surface area contributed by atoms with Crippen LogP contribution in [0.4, 0.5) is 0 Å². The van der Waals surface area contributed by atoms with E-state index in [0.29, 0.717) is 0 Å². The van der Waals surface area contributed by atoms with Gasteiger partial charge in [-0.25, -0.2) is 9.97 Å². The van der Waals surface area contributed by atoms with Gasteiger partial charge in [0.1, 0.15) is 5.82 Å². The Bertz CT molecular complexity index is 792. The van der Waals surface area contributed by atoms with Gasteiger partial charge in [0.05, 0.1) is 27.6 Å². The lowest BCUT2D eigenvalue weighted by Gasteiger charge is -2.41. The van der Waals surface area contributed by atoms with Crippen LogP contribution in [0.1, 0.15) is 38.4 Å². The molecule has 3 heterocycles. The van der Waals surface area contributed by atoms with Gasteiger partial charge in [-0.1, -0.05) is 6.92 Å². The minimum Gasteiger partial charge on any atom is -0.266 e. The quantitative estimate of drug-likeness (QED) is 0.729. The molecule has 4 rings (SSSR count). The number of hydrogen-bond donors (Lipinski definition) is 0. The van der Waals surface area contributed by atoms with Crippen LogP contribution in [0.2, 0.25) is 0 Å². The number of fused-ring (bicyclic) bond motifs is 1. The maximum Gasteiger partial charge on any atom is 0.126 e. The number of nitrogens with zero attached hydrogens (tertiary/aromatic N) is 4. The van der Waals surface area contributed by atoms with Gasteiger partial charge < -0.3 is 0 Å². The summed E-state index contributed by atoms with van der Waals surface area (Å²) in [4.78, 5) is 9.15. The van der Waals surface area contributed by atoms with Crippen LogP contribution in [-0.4, -0.2) is 19.7 Å². The van der Waals surface area contributed by atoms with Gasteiger partial charge in [-0.15, -0.1) is 11.3 Å². The predicted molar refractivity (Wildman–Crippen MR) is 85.5 cm³/mol. The molecule has 1 saturated carbocycles. The minimum atomic E-state index is 0.245. The molecule has 3 aromatic heterocycles. The number of hydrogen-bond acceptors (Lipinski definition) is 4. The molecule has 0 aromatic carbocycles. The topological polar surface area (TPSA) is 43.6 Å². The van der Waals surface area contributed by atoms with E-state index in [1.54, 1.807) is 11.3 Å². The summed E-state index contributed by atoms with van der Waals surface area (Å²) in [6.45, 7) is 4.21. The molecule has 1 aliphatic carbocycles. The van der Waals surface area contributed by atoms with E-state index >= 15 is 0 Å². The highest BCUT2D eigenvalue weighted by atomic mass is 32.1. The van der Waals surface area contributed by atoms with Gasteiger partial charge in [0.15, 0.2) is 0 Å². The van der Waals surface area contributed by atoms with Crippen LogP contribution in [0.5, 0.6) is 0 Å². The molecule has 1 fully saturated rings. The normalized spacial score (nSPS) is 17.0. The summed E-state index contributed by atoms with van der Waals surface area (Å²) in [5, 5.41) is 6.71. The molecule has 0 aliphatic heterocycles. The zero-order valence-corrected chi connectivity index (χ0v) is 13.2. The Hall–Kier alpha value is -1.75. The molecule has 1 aliphatic rings. The standard InChI is InChI=1S/C16H18N4S/c1-3-16(6-4-7-16)20-10-12(9-17-20)14-15-13(5-8-21-15)18-11(2)19-14/h5,8-10H,3-4,6-7H2,1-2H3. The molecule has 108 valence electrons. The van der Waals surface area contributed by atoms with Crippen LogP contribution in [0.3, 0.4) is 0 Å². The van der Waals surface area contributed by atoms with E-state index in [4.69, 9.17) is 0 Å². The summed E-state index contributed by atoms with van der Waals surface area (Å²) in [5.41, 5.74) is 3.40. The van der Waals surface area contributed by atoms with E-state index in [-0.39, 0.29) is 5.54 Å². The Kier molecular flexibility index (Phi) is 2.85. The summed E-state index contributed by atoms with van der Waals surface area (Å²) in [5.74, 6) is 0.817. The first-order valence-corrected chi connectivity index (χ1v) is 8.37. The summed E-state index contributed by atoms with van der Waals surface area (Å²) in [6.07, 6.45) is 9.06. The molecule has 0 saturated heterocycles. The first-order valence-electron chi connectivity index (χ1n) is 7.49. The first kappa shape index (κ1) is 13.0. The maximum absolute atomic E-state index is 4.65. The fourth-order valence-electron chi connectivity index (χ4n) is 3.21. The Balaban J connectivity index is 1.83. The molecular formula is C16H18N4S. The average Bonchev–Trinajstić information content (AvgIpc) is 3.06. The van der Waals surface area contributed by atoms with E-state index in [9.17, 15) is 0 Å². The summed E-state index contributed by atoms with van der Waals surface area (Å²) in [6, 6.07) is 2.06. The second kappa shape index (κ2) is 4.63. The third-order valence-electron chi connectivity index (χ3n) is 4.70. The Labute approximate surface area is 127 Å². The molecule has 3 aromatic rings. The molecule has 21 heavy (non-hydrogen) atoms. The highest BCUT2D eigenvalue weighted by Gasteiger charge is 2.37. The maximum atomic E-state index is 4.65. The third-order valence-corrected chi connectivity index (χ3v) is 5.61. The van der Waals surface area contributed by atoms with Gasteiger partial charge in [0.2, 0.25) is 0 Å². The van der Waals surface area contributed by atoms with Crippen molar-refractivity contribution in [1.29, 1.82) is 0 Å².